The summed E-state index contributed by atoms with van der Waals surface area (Å²) in [5.74, 6) is -0.0417. The summed E-state index contributed by atoms with van der Waals surface area (Å²) in [6.07, 6.45) is -0.334. The van der Waals surface area contributed by atoms with Crippen LogP contribution in [0, 0.1) is 5.82 Å². The van der Waals surface area contributed by atoms with E-state index >= 15 is 0 Å². The van der Waals surface area contributed by atoms with Crippen LogP contribution in [-0.4, -0.2) is 18.3 Å². The van der Waals surface area contributed by atoms with Crippen LogP contribution in [0.3, 0.4) is 0 Å². The van der Waals surface area contributed by atoms with Gasteiger partial charge in [0, 0.05) is 18.1 Å². The van der Waals surface area contributed by atoms with Crippen molar-refractivity contribution in [2.45, 2.75) is 18.6 Å². The van der Waals surface area contributed by atoms with Gasteiger partial charge in [-0.2, -0.15) is 0 Å². The van der Waals surface area contributed by atoms with E-state index in [2.05, 4.69) is 0 Å². The van der Waals surface area contributed by atoms with E-state index in [0.29, 0.717) is 17.7 Å². The Hall–Kier alpha value is -1.91. The first-order valence-corrected chi connectivity index (χ1v) is 6.43. The van der Waals surface area contributed by atoms with Crippen molar-refractivity contribution in [1.82, 2.24) is 0 Å². The third-order valence-electron chi connectivity index (χ3n) is 3.26. The molecule has 2 aromatic rings. The zero-order chi connectivity index (χ0) is 14.5. The molecule has 0 aliphatic rings. The maximum atomic E-state index is 13.2. The number of benzene rings is 2. The molecule has 20 heavy (non-hydrogen) atoms. The predicted octanol–water partition coefficient (Wildman–Crippen LogP) is 2.44. The molecule has 0 amide bonds. The summed E-state index contributed by atoms with van der Waals surface area (Å²) >= 11 is 0. The SMILES string of the molecule is COc1cc(F)ccc1[C@H](N)[C@H](O)Cc1ccccc1. The Kier molecular flexibility index (Phi) is 4.71. The molecule has 4 heteroatoms. The molecular weight excluding hydrogens is 257 g/mol. The van der Waals surface area contributed by atoms with E-state index in [1.54, 1.807) is 6.07 Å². The van der Waals surface area contributed by atoms with E-state index in [-0.39, 0.29) is 0 Å². The monoisotopic (exact) mass is 275 g/mol. The minimum atomic E-state index is -0.767. The lowest BCUT2D eigenvalue weighted by Gasteiger charge is -2.21. The Labute approximate surface area is 117 Å². The summed E-state index contributed by atoms with van der Waals surface area (Å²) in [6, 6.07) is 13.1. The van der Waals surface area contributed by atoms with Crippen molar-refractivity contribution in [3.8, 4) is 5.75 Å². The fourth-order valence-electron chi connectivity index (χ4n) is 2.15. The van der Waals surface area contributed by atoms with Crippen molar-refractivity contribution in [3.05, 3.63) is 65.5 Å². The number of halogens is 1. The van der Waals surface area contributed by atoms with Gasteiger partial charge in [0.2, 0.25) is 0 Å². The molecule has 0 saturated carbocycles. The Morgan fingerprint density at radius 1 is 1.20 bits per heavy atom. The van der Waals surface area contributed by atoms with Crippen LogP contribution in [0.5, 0.6) is 5.75 Å². The quantitative estimate of drug-likeness (QED) is 0.881. The summed E-state index contributed by atoms with van der Waals surface area (Å²) in [4.78, 5) is 0. The molecule has 106 valence electrons. The average Bonchev–Trinajstić information content (AvgIpc) is 2.47. The van der Waals surface area contributed by atoms with Gasteiger partial charge in [0.15, 0.2) is 0 Å². The number of ether oxygens (including phenoxy) is 1. The van der Waals surface area contributed by atoms with Crippen molar-refractivity contribution in [2.75, 3.05) is 7.11 Å². The van der Waals surface area contributed by atoms with Crippen LogP contribution in [0.2, 0.25) is 0 Å². The van der Waals surface area contributed by atoms with Crippen LogP contribution in [0.1, 0.15) is 17.2 Å². The number of aliphatic hydroxyl groups is 1. The zero-order valence-corrected chi connectivity index (χ0v) is 11.3. The van der Waals surface area contributed by atoms with Gasteiger partial charge < -0.3 is 15.6 Å². The molecular formula is C16H18FNO2. The first-order valence-electron chi connectivity index (χ1n) is 6.43. The molecule has 0 heterocycles. The Morgan fingerprint density at radius 2 is 1.90 bits per heavy atom. The molecule has 3 N–H and O–H groups in total. The summed E-state index contributed by atoms with van der Waals surface area (Å²) in [5.41, 5.74) is 7.65. The number of aliphatic hydroxyl groups excluding tert-OH is 1. The first kappa shape index (κ1) is 14.5. The summed E-state index contributed by atoms with van der Waals surface area (Å²) < 4.78 is 18.3. The van der Waals surface area contributed by atoms with Crippen molar-refractivity contribution < 1.29 is 14.2 Å². The van der Waals surface area contributed by atoms with E-state index < -0.39 is 18.0 Å². The molecule has 0 saturated heterocycles. The zero-order valence-electron chi connectivity index (χ0n) is 11.3. The summed E-state index contributed by atoms with van der Waals surface area (Å²) in [7, 11) is 1.45. The fraction of sp³-hybridized carbons (Fsp3) is 0.250. The van der Waals surface area contributed by atoms with Crippen molar-refractivity contribution in [2.24, 2.45) is 5.73 Å². The highest BCUT2D eigenvalue weighted by molar-refractivity contribution is 5.37. The standard InChI is InChI=1S/C16H18FNO2/c1-20-15-10-12(17)7-8-13(15)16(18)14(19)9-11-5-3-2-4-6-11/h2-8,10,14,16,19H,9,18H2,1H3/t14-,16+/m1/s1. The van der Waals surface area contributed by atoms with Gasteiger partial charge in [-0.15, -0.1) is 0 Å². The topological polar surface area (TPSA) is 55.5 Å². The van der Waals surface area contributed by atoms with Gasteiger partial charge in [-0.25, -0.2) is 4.39 Å². The van der Waals surface area contributed by atoms with Crippen LogP contribution < -0.4 is 10.5 Å². The van der Waals surface area contributed by atoms with Crippen LogP contribution in [-0.2, 0) is 6.42 Å². The largest absolute Gasteiger partial charge is 0.496 e. The predicted molar refractivity (Wildman–Crippen MR) is 76.0 cm³/mol. The van der Waals surface area contributed by atoms with Gasteiger partial charge in [-0.05, 0) is 11.6 Å². The fourth-order valence-corrected chi connectivity index (χ4v) is 2.15. The second-order valence-corrected chi connectivity index (χ2v) is 4.67. The van der Waals surface area contributed by atoms with E-state index in [0.717, 1.165) is 5.56 Å². The van der Waals surface area contributed by atoms with E-state index in [4.69, 9.17) is 10.5 Å². The smallest absolute Gasteiger partial charge is 0.126 e. The number of hydrogen-bond donors (Lipinski definition) is 2. The lowest BCUT2D eigenvalue weighted by Crippen LogP contribution is -2.28. The molecule has 0 unspecified atom stereocenters. The first-order chi connectivity index (χ1) is 9.61. The second kappa shape index (κ2) is 6.50. The number of hydrogen-bond acceptors (Lipinski definition) is 3. The second-order valence-electron chi connectivity index (χ2n) is 4.67. The van der Waals surface area contributed by atoms with Crippen LogP contribution in [0.25, 0.3) is 0 Å². The molecule has 0 aromatic heterocycles. The minimum absolute atomic E-state index is 0.351. The lowest BCUT2D eigenvalue weighted by atomic mass is 9.96. The molecule has 3 nitrogen and oxygen atoms in total. The molecule has 0 bridgehead atoms. The van der Waals surface area contributed by atoms with Gasteiger partial charge in [0.05, 0.1) is 19.3 Å². The molecule has 0 aliphatic heterocycles. The van der Waals surface area contributed by atoms with Crippen LogP contribution in [0.4, 0.5) is 4.39 Å². The highest BCUT2D eigenvalue weighted by atomic mass is 19.1. The number of nitrogens with two attached hydrogens (primary N) is 1. The Morgan fingerprint density at radius 3 is 2.55 bits per heavy atom. The third-order valence-corrected chi connectivity index (χ3v) is 3.26. The Bertz CT molecular complexity index is 560. The van der Waals surface area contributed by atoms with E-state index in [1.165, 1.54) is 19.2 Å². The van der Waals surface area contributed by atoms with Crippen molar-refractivity contribution in [3.63, 3.8) is 0 Å². The lowest BCUT2D eigenvalue weighted by molar-refractivity contribution is 0.143. The molecule has 2 rings (SSSR count). The van der Waals surface area contributed by atoms with Gasteiger partial charge >= 0.3 is 0 Å². The Balaban J connectivity index is 2.16. The molecule has 0 fully saturated rings. The highest BCUT2D eigenvalue weighted by Crippen LogP contribution is 2.27. The molecule has 2 aromatic carbocycles. The summed E-state index contributed by atoms with van der Waals surface area (Å²) in [6.45, 7) is 0. The highest BCUT2D eigenvalue weighted by Gasteiger charge is 2.21. The van der Waals surface area contributed by atoms with Gasteiger partial charge in [-0.3, -0.25) is 0 Å². The average molecular weight is 275 g/mol. The van der Waals surface area contributed by atoms with Gasteiger partial charge in [-0.1, -0.05) is 36.4 Å². The molecule has 0 radical (unpaired) electrons. The number of rotatable bonds is 5. The van der Waals surface area contributed by atoms with Gasteiger partial charge in [0.1, 0.15) is 11.6 Å². The third kappa shape index (κ3) is 3.35. The van der Waals surface area contributed by atoms with Gasteiger partial charge in [0.25, 0.3) is 0 Å². The molecule has 0 spiro atoms. The maximum absolute atomic E-state index is 13.2. The minimum Gasteiger partial charge on any atom is -0.496 e. The molecule has 0 aliphatic carbocycles. The van der Waals surface area contributed by atoms with Crippen molar-refractivity contribution in [1.29, 1.82) is 0 Å². The maximum Gasteiger partial charge on any atom is 0.126 e. The normalized spacial score (nSPS) is 13.8. The van der Waals surface area contributed by atoms with Crippen molar-refractivity contribution >= 4 is 0 Å². The van der Waals surface area contributed by atoms with Crippen LogP contribution in [0.15, 0.2) is 48.5 Å². The summed E-state index contributed by atoms with van der Waals surface area (Å²) in [5, 5.41) is 10.2. The van der Waals surface area contributed by atoms with Crippen LogP contribution >= 0.6 is 0 Å². The van der Waals surface area contributed by atoms with E-state index in [9.17, 15) is 9.50 Å². The number of methoxy groups -OCH3 is 1. The van der Waals surface area contributed by atoms with E-state index in [1.807, 2.05) is 30.3 Å². The molecule has 2 atom stereocenters.